The van der Waals surface area contributed by atoms with Gasteiger partial charge in [0.15, 0.2) is 0 Å². The van der Waals surface area contributed by atoms with Gasteiger partial charge in [-0.3, -0.25) is 9.59 Å². The van der Waals surface area contributed by atoms with Gasteiger partial charge in [-0.2, -0.15) is 0 Å². The van der Waals surface area contributed by atoms with Crippen LogP contribution in [0.15, 0.2) is 18.2 Å². The molecule has 0 aliphatic carbocycles. The molecule has 0 aromatic heterocycles. The van der Waals surface area contributed by atoms with Gasteiger partial charge in [0.2, 0.25) is 5.91 Å². The zero-order valence-electron chi connectivity index (χ0n) is 9.58. The van der Waals surface area contributed by atoms with Crippen molar-refractivity contribution >= 4 is 29.1 Å². The molecule has 0 spiro atoms. The van der Waals surface area contributed by atoms with Gasteiger partial charge in [0.1, 0.15) is 6.04 Å². The normalized spacial score (nSPS) is 11.7. The summed E-state index contributed by atoms with van der Waals surface area (Å²) >= 11 is 5.72. The number of hydrogen-bond acceptors (Lipinski definition) is 3. The van der Waals surface area contributed by atoms with Crippen molar-refractivity contribution in [3.8, 4) is 0 Å². The van der Waals surface area contributed by atoms with Gasteiger partial charge in [-0.1, -0.05) is 11.6 Å². The molecule has 0 fully saturated rings. The van der Waals surface area contributed by atoms with Crippen molar-refractivity contribution in [1.82, 2.24) is 10.6 Å². The van der Waals surface area contributed by atoms with Crippen LogP contribution >= 0.6 is 11.6 Å². The highest BCUT2D eigenvalue weighted by Gasteiger charge is 2.16. The van der Waals surface area contributed by atoms with Gasteiger partial charge in [0, 0.05) is 17.8 Å². The molecule has 0 saturated carbocycles. The highest BCUT2D eigenvalue weighted by molar-refractivity contribution is 6.31. The molecule has 1 atom stereocenters. The fourth-order valence-electron chi connectivity index (χ4n) is 1.30. The lowest BCUT2D eigenvalue weighted by atomic mass is 10.1. The monoisotopic (exact) mass is 255 g/mol. The molecule has 0 radical (unpaired) electrons. The van der Waals surface area contributed by atoms with Crippen molar-refractivity contribution in [3.05, 3.63) is 28.8 Å². The van der Waals surface area contributed by atoms with Crippen molar-refractivity contribution in [1.29, 1.82) is 0 Å². The Hall–Kier alpha value is -1.75. The Morgan fingerprint density at radius 1 is 1.41 bits per heavy atom. The first kappa shape index (κ1) is 13.3. The van der Waals surface area contributed by atoms with Crippen LogP contribution in [0.5, 0.6) is 0 Å². The summed E-state index contributed by atoms with van der Waals surface area (Å²) in [6, 6.07) is 3.95. The summed E-state index contributed by atoms with van der Waals surface area (Å²) in [6.45, 7) is 1.59. The maximum absolute atomic E-state index is 11.8. The van der Waals surface area contributed by atoms with Gasteiger partial charge in [0.25, 0.3) is 5.91 Å². The summed E-state index contributed by atoms with van der Waals surface area (Å²) in [5, 5.41) is 5.43. The van der Waals surface area contributed by atoms with Gasteiger partial charge in [-0.25, -0.2) is 0 Å². The number of nitrogens with two attached hydrogens (primary N) is 1. The van der Waals surface area contributed by atoms with Crippen LogP contribution in [0.1, 0.15) is 17.3 Å². The van der Waals surface area contributed by atoms with E-state index in [1.54, 1.807) is 13.0 Å². The molecule has 2 amide bonds. The molecule has 0 aliphatic rings. The zero-order valence-corrected chi connectivity index (χ0v) is 10.3. The smallest absolute Gasteiger partial charge is 0.254 e. The lowest BCUT2D eigenvalue weighted by Gasteiger charge is -2.13. The summed E-state index contributed by atoms with van der Waals surface area (Å²) in [5.74, 6) is -0.679. The summed E-state index contributed by atoms with van der Waals surface area (Å²) in [5.41, 5.74) is 6.23. The molecule has 0 heterocycles. The standard InChI is InChI=1S/C11H14ClN3O2/c1-6(10(16)14-2)15-11(17)8-4-3-7(12)5-9(8)13/h3-6H,13H2,1-2H3,(H,14,16)(H,15,17). The fourth-order valence-corrected chi connectivity index (χ4v) is 1.48. The second-order valence-electron chi connectivity index (χ2n) is 3.54. The molecule has 1 unspecified atom stereocenters. The minimum Gasteiger partial charge on any atom is -0.398 e. The number of anilines is 1. The van der Waals surface area contributed by atoms with Crippen molar-refractivity contribution in [2.45, 2.75) is 13.0 Å². The lowest BCUT2D eigenvalue weighted by Crippen LogP contribution is -2.43. The molecule has 0 aliphatic heterocycles. The number of carbonyl (C=O) groups excluding carboxylic acids is 2. The first-order valence-electron chi connectivity index (χ1n) is 5.03. The molecule has 5 nitrogen and oxygen atoms in total. The van der Waals surface area contributed by atoms with Crippen LogP contribution in [0.25, 0.3) is 0 Å². The molecule has 0 bridgehead atoms. The third-order valence-corrected chi connectivity index (χ3v) is 2.48. The highest BCUT2D eigenvalue weighted by Crippen LogP contribution is 2.17. The number of nitrogen functional groups attached to an aromatic ring is 1. The molecule has 1 rings (SSSR count). The van der Waals surface area contributed by atoms with E-state index >= 15 is 0 Å². The van der Waals surface area contributed by atoms with E-state index in [9.17, 15) is 9.59 Å². The Balaban J connectivity index is 2.80. The Kier molecular flexibility index (Phi) is 4.34. The Morgan fingerprint density at radius 2 is 2.06 bits per heavy atom. The molecular formula is C11H14ClN3O2. The Bertz CT molecular complexity index is 448. The molecule has 1 aromatic rings. The van der Waals surface area contributed by atoms with Crippen LogP contribution in [-0.4, -0.2) is 24.9 Å². The first-order valence-corrected chi connectivity index (χ1v) is 5.41. The van der Waals surface area contributed by atoms with E-state index in [0.717, 1.165) is 0 Å². The molecule has 6 heteroatoms. The van der Waals surface area contributed by atoms with Crippen LogP contribution in [0.2, 0.25) is 5.02 Å². The average molecular weight is 256 g/mol. The minimum absolute atomic E-state index is 0.272. The third kappa shape index (κ3) is 3.35. The van der Waals surface area contributed by atoms with Gasteiger partial charge in [-0.15, -0.1) is 0 Å². The zero-order chi connectivity index (χ0) is 13.0. The molecule has 0 saturated heterocycles. The number of likely N-dealkylation sites (N-methyl/N-ethyl adjacent to an activating group) is 1. The Morgan fingerprint density at radius 3 is 2.59 bits per heavy atom. The van der Waals surface area contributed by atoms with Gasteiger partial charge >= 0.3 is 0 Å². The Labute approximate surface area is 104 Å². The largest absolute Gasteiger partial charge is 0.398 e. The van der Waals surface area contributed by atoms with E-state index in [1.807, 2.05) is 0 Å². The average Bonchev–Trinajstić information content (AvgIpc) is 2.27. The molecular weight excluding hydrogens is 242 g/mol. The van der Waals surface area contributed by atoms with Crippen LogP contribution in [0, 0.1) is 0 Å². The number of carbonyl (C=O) groups is 2. The van der Waals surface area contributed by atoms with E-state index in [1.165, 1.54) is 19.2 Å². The predicted molar refractivity (Wildman–Crippen MR) is 66.9 cm³/mol. The third-order valence-electron chi connectivity index (χ3n) is 2.25. The van der Waals surface area contributed by atoms with E-state index in [2.05, 4.69) is 10.6 Å². The summed E-state index contributed by atoms with van der Waals surface area (Å²) < 4.78 is 0. The van der Waals surface area contributed by atoms with Crippen molar-refractivity contribution in [2.24, 2.45) is 0 Å². The van der Waals surface area contributed by atoms with Crippen LogP contribution in [0.4, 0.5) is 5.69 Å². The molecule has 1 aromatic carbocycles. The van der Waals surface area contributed by atoms with Crippen molar-refractivity contribution in [3.63, 3.8) is 0 Å². The molecule has 17 heavy (non-hydrogen) atoms. The van der Waals surface area contributed by atoms with Crippen molar-refractivity contribution in [2.75, 3.05) is 12.8 Å². The SMILES string of the molecule is CNC(=O)C(C)NC(=O)c1ccc(Cl)cc1N. The number of hydrogen-bond donors (Lipinski definition) is 3. The first-order chi connectivity index (χ1) is 7.95. The number of halogens is 1. The highest BCUT2D eigenvalue weighted by atomic mass is 35.5. The number of nitrogens with one attached hydrogen (secondary N) is 2. The van der Waals surface area contributed by atoms with E-state index in [4.69, 9.17) is 17.3 Å². The van der Waals surface area contributed by atoms with Crippen LogP contribution in [0.3, 0.4) is 0 Å². The quantitative estimate of drug-likeness (QED) is 0.698. The summed E-state index contributed by atoms with van der Waals surface area (Å²) in [6.07, 6.45) is 0. The van der Waals surface area contributed by atoms with Crippen LogP contribution < -0.4 is 16.4 Å². The minimum atomic E-state index is -0.623. The number of rotatable bonds is 3. The van der Waals surface area contributed by atoms with E-state index in [-0.39, 0.29) is 11.6 Å². The maximum Gasteiger partial charge on any atom is 0.254 e. The molecule has 92 valence electrons. The van der Waals surface area contributed by atoms with E-state index < -0.39 is 11.9 Å². The predicted octanol–water partition coefficient (Wildman–Crippen LogP) is 0.786. The maximum atomic E-state index is 11.8. The number of amides is 2. The summed E-state index contributed by atoms with van der Waals surface area (Å²) in [4.78, 5) is 23.0. The lowest BCUT2D eigenvalue weighted by molar-refractivity contribution is -0.122. The second kappa shape index (κ2) is 5.54. The van der Waals surface area contributed by atoms with Gasteiger partial charge < -0.3 is 16.4 Å². The van der Waals surface area contributed by atoms with Gasteiger partial charge in [-0.05, 0) is 25.1 Å². The van der Waals surface area contributed by atoms with Gasteiger partial charge in [0.05, 0.1) is 5.56 Å². The topological polar surface area (TPSA) is 84.2 Å². The molecule has 4 N–H and O–H groups in total. The van der Waals surface area contributed by atoms with Crippen LogP contribution in [-0.2, 0) is 4.79 Å². The second-order valence-corrected chi connectivity index (χ2v) is 3.98. The van der Waals surface area contributed by atoms with E-state index in [0.29, 0.717) is 10.6 Å². The summed E-state index contributed by atoms with van der Waals surface area (Å²) in [7, 11) is 1.50. The number of benzene rings is 1. The fraction of sp³-hybridized carbons (Fsp3) is 0.273. The van der Waals surface area contributed by atoms with Crippen molar-refractivity contribution < 1.29 is 9.59 Å².